The van der Waals surface area contributed by atoms with Crippen LogP contribution in [-0.4, -0.2) is 61.3 Å². The van der Waals surface area contributed by atoms with Gasteiger partial charge in [0.25, 0.3) is 5.91 Å². The third-order valence-electron chi connectivity index (χ3n) is 4.89. The van der Waals surface area contributed by atoms with E-state index in [9.17, 15) is 14.4 Å². The van der Waals surface area contributed by atoms with Crippen molar-refractivity contribution in [3.8, 4) is 5.75 Å². The summed E-state index contributed by atoms with van der Waals surface area (Å²) >= 11 is 5.96. The molecule has 0 aliphatic carbocycles. The molecule has 10 nitrogen and oxygen atoms in total. The summed E-state index contributed by atoms with van der Waals surface area (Å²) < 4.78 is 23.4. The molecular weight excluding hydrogens is 497 g/mol. The van der Waals surface area contributed by atoms with Crippen LogP contribution >= 0.6 is 20.1 Å². The van der Waals surface area contributed by atoms with Gasteiger partial charge in [0.1, 0.15) is 23.1 Å². The summed E-state index contributed by atoms with van der Waals surface area (Å²) in [4.78, 5) is 36.1. The van der Waals surface area contributed by atoms with Crippen LogP contribution in [0.4, 0.5) is 0 Å². The first kappa shape index (κ1) is 29.0. The second-order valence-electron chi connectivity index (χ2n) is 8.39. The number of rotatable bonds is 13. The Morgan fingerprint density at radius 1 is 1.29 bits per heavy atom. The highest BCUT2D eigenvalue weighted by molar-refractivity contribution is 7.45. The maximum absolute atomic E-state index is 12.3. The van der Waals surface area contributed by atoms with Crippen LogP contribution in [0.15, 0.2) is 41.6 Å². The Hall–Kier alpha value is -2.23. The van der Waals surface area contributed by atoms with Gasteiger partial charge in [0.2, 0.25) is 6.41 Å². The molecule has 1 fully saturated rings. The molecule has 0 spiro atoms. The molecule has 1 saturated heterocycles. The molecule has 1 aliphatic rings. The lowest BCUT2D eigenvalue weighted by Crippen LogP contribution is -2.35. The Kier molecular flexibility index (Phi) is 11.9. The number of amides is 2. The molecule has 2 amide bonds. The van der Waals surface area contributed by atoms with E-state index in [1.165, 1.54) is 6.20 Å². The molecule has 0 radical (unpaired) electrons. The number of carbonyl (C=O) groups is 3. The van der Waals surface area contributed by atoms with Crippen molar-refractivity contribution >= 4 is 38.4 Å². The van der Waals surface area contributed by atoms with E-state index >= 15 is 0 Å². The number of nitrogens with zero attached hydrogens (tertiary/aromatic N) is 1. The van der Waals surface area contributed by atoms with Crippen molar-refractivity contribution in [2.24, 2.45) is 5.92 Å². The van der Waals surface area contributed by atoms with Gasteiger partial charge in [-0.15, -0.1) is 0 Å². The van der Waals surface area contributed by atoms with Gasteiger partial charge in [0.15, 0.2) is 0 Å². The maximum Gasteiger partial charge on any atom is 0.323 e. The fraction of sp³-hybridized carbons (Fsp3) is 0.522. The van der Waals surface area contributed by atoms with E-state index in [0.717, 1.165) is 0 Å². The minimum atomic E-state index is -1.68. The summed E-state index contributed by atoms with van der Waals surface area (Å²) in [5, 5.41) is 4.92. The molecule has 1 aromatic rings. The number of hydrogen-bond donors (Lipinski definition) is 2. The normalized spacial score (nSPS) is 21.8. The molecular formula is C23H33ClN3O7P. The van der Waals surface area contributed by atoms with Crippen LogP contribution in [0, 0.1) is 5.92 Å². The first-order chi connectivity index (χ1) is 16.6. The minimum absolute atomic E-state index is 0.109. The SMILES string of the molecule is CC(C)OC(=O)C(C)NP(OCC1C[C@H](C)C(N(C)/C=C(/Cl)C(=O)NC=O)O1)Oc1ccccc1. The highest BCUT2D eigenvalue weighted by atomic mass is 35.5. The number of hydrogen-bond acceptors (Lipinski definition) is 9. The van der Waals surface area contributed by atoms with Gasteiger partial charge < -0.3 is 23.4 Å². The number of ether oxygens (including phenoxy) is 2. The molecule has 2 rings (SSSR count). The fourth-order valence-corrected chi connectivity index (χ4v) is 4.74. The Balaban J connectivity index is 1.99. The van der Waals surface area contributed by atoms with E-state index in [4.69, 9.17) is 30.1 Å². The number of para-hydroxylation sites is 1. The molecule has 0 saturated carbocycles. The van der Waals surface area contributed by atoms with Crippen molar-refractivity contribution in [1.82, 2.24) is 15.3 Å². The van der Waals surface area contributed by atoms with Crippen molar-refractivity contribution in [2.45, 2.75) is 58.6 Å². The quantitative estimate of drug-likeness (QED) is 0.172. The van der Waals surface area contributed by atoms with Crippen LogP contribution in [0.2, 0.25) is 0 Å². The van der Waals surface area contributed by atoms with Gasteiger partial charge in [-0.05, 0) is 39.3 Å². The Bertz CT molecular complexity index is 874. The van der Waals surface area contributed by atoms with Crippen LogP contribution < -0.4 is 14.9 Å². The molecule has 2 N–H and O–H groups in total. The van der Waals surface area contributed by atoms with Crippen molar-refractivity contribution in [2.75, 3.05) is 13.7 Å². The molecule has 12 heteroatoms. The average molecular weight is 530 g/mol. The van der Waals surface area contributed by atoms with Gasteiger partial charge in [-0.1, -0.05) is 36.7 Å². The zero-order valence-electron chi connectivity index (χ0n) is 20.5. The zero-order valence-corrected chi connectivity index (χ0v) is 22.1. The lowest BCUT2D eigenvalue weighted by molar-refractivity contribution is -0.149. The van der Waals surface area contributed by atoms with E-state index in [1.807, 2.05) is 30.4 Å². The Morgan fingerprint density at radius 2 is 1.97 bits per heavy atom. The van der Waals surface area contributed by atoms with E-state index in [-0.39, 0.29) is 42.4 Å². The third-order valence-corrected chi connectivity index (χ3v) is 6.52. The number of carbonyl (C=O) groups excluding carboxylic acids is 3. The van der Waals surface area contributed by atoms with Gasteiger partial charge >= 0.3 is 14.5 Å². The molecule has 4 unspecified atom stereocenters. The topological polar surface area (TPSA) is 115 Å². The molecule has 0 bridgehead atoms. The maximum atomic E-state index is 12.3. The van der Waals surface area contributed by atoms with E-state index in [1.54, 1.807) is 44.9 Å². The monoisotopic (exact) mass is 529 g/mol. The first-order valence-corrected chi connectivity index (χ1v) is 12.8. The third kappa shape index (κ3) is 9.74. The standard InChI is InChI=1S/C23H33ClN3O7P/c1-15(2)32-23(30)17(4)26-35(34-18-9-7-6-8-10-18)31-13-19-11-16(3)22(33-19)27(5)12-20(24)21(29)25-14-28/h6-10,12,14-17,19,22,26H,11,13H2,1-5H3,(H,25,28,29)/b20-12+/t16-,17?,19?,22?,35?/m0/s1. The highest BCUT2D eigenvalue weighted by Crippen LogP contribution is 2.38. The lowest BCUT2D eigenvalue weighted by Gasteiger charge is -2.26. The molecule has 0 aromatic heterocycles. The van der Waals surface area contributed by atoms with Gasteiger partial charge in [-0.3, -0.25) is 19.7 Å². The largest absolute Gasteiger partial charge is 0.462 e. The number of benzene rings is 1. The smallest absolute Gasteiger partial charge is 0.323 e. The van der Waals surface area contributed by atoms with Crippen molar-refractivity contribution in [3.05, 3.63) is 41.6 Å². The highest BCUT2D eigenvalue weighted by Gasteiger charge is 2.35. The molecule has 5 atom stereocenters. The summed E-state index contributed by atoms with van der Waals surface area (Å²) in [6.07, 6.45) is 1.55. The van der Waals surface area contributed by atoms with Crippen molar-refractivity contribution in [3.63, 3.8) is 0 Å². The molecule has 194 valence electrons. The first-order valence-electron chi connectivity index (χ1n) is 11.2. The Morgan fingerprint density at radius 3 is 2.60 bits per heavy atom. The fourth-order valence-electron chi connectivity index (χ4n) is 3.32. The van der Waals surface area contributed by atoms with Crippen LogP contribution in [0.3, 0.4) is 0 Å². The molecule has 1 aliphatic heterocycles. The van der Waals surface area contributed by atoms with E-state index in [2.05, 4.69) is 5.09 Å². The number of imide groups is 1. The van der Waals surface area contributed by atoms with Crippen LogP contribution in [0.25, 0.3) is 0 Å². The summed E-state index contributed by atoms with van der Waals surface area (Å²) in [7, 11) is 0.0480. The number of nitrogens with one attached hydrogen (secondary N) is 2. The number of halogens is 1. The second-order valence-corrected chi connectivity index (χ2v) is 10.0. The summed E-state index contributed by atoms with van der Waals surface area (Å²) in [5.74, 6) is -0.388. The van der Waals surface area contributed by atoms with Gasteiger partial charge in [-0.25, -0.2) is 5.09 Å². The predicted octanol–water partition coefficient (Wildman–Crippen LogP) is 3.27. The van der Waals surface area contributed by atoms with Gasteiger partial charge in [0.05, 0.1) is 18.8 Å². The van der Waals surface area contributed by atoms with Gasteiger partial charge in [-0.2, -0.15) is 0 Å². The summed E-state index contributed by atoms with van der Waals surface area (Å²) in [6.45, 7) is 7.49. The summed E-state index contributed by atoms with van der Waals surface area (Å²) in [5.41, 5.74) is 0. The molecule has 35 heavy (non-hydrogen) atoms. The van der Waals surface area contributed by atoms with Crippen LogP contribution in [-0.2, 0) is 28.4 Å². The average Bonchev–Trinajstić information content (AvgIpc) is 3.18. The van der Waals surface area contributed by atoms with Crippen LogP contribution in [0.5, 0.6) is 5.75 Å². The summed E-state index contributed by atoms with van der Waals surface area (Å²) in [6, 6.07) is 8.52. The molecule has 1 aromatic carbocycles. The number of esters is 1. The Labute approximate surface area is 212 Å². The lowest BCUT2D eigenvalue weighted by atomic mass is 10.1. The van der Waals surface area contributed by atoms with Gasteiger partial charge in [0, 0.05) is 19.2 Å². The molecule has 1 heterocycles. The van der Waals surface area contributed by atoms with Crippen molar-refractivity contribution < 1.29 is 32.9 Å². The van der Waals surface area contributed by atoms with E-state index in [0.29, 0.717) is 12.2 Å². The second kappa shape index (κ2) is 14.4. The minimum Gasteiger partial charge on any atom is -0.462 e. The van der Waals surface area contributed by atoms with Crippen molar-refractivity contribution in [1.29, 1.82) is 0 Å². The zero-order chi connectivity index (χ0) is 26.0. The van der Waals surface area contributed by atoms with E-state index < -0.39 is 26.4 Å². The predicted molar refractivity (Wildman–Crippen MR) is 132 cm³/mol. The van der Waals surface area contributed by atoms with Crippen LogP contribution in [0.1, 0.15) is 34.1 Å².